The van der Waals surface area contributed by atoms with E-state index in [0.717, 1.165) is 47.6 Å². The minimum atomic E-state index is 0.221. The summed E-state index contributed by atoms with van der Waals surface area (Å²) in [5, 5.41) is 4.16. The molecule has 1 saturated heterocycles. The van der Waals surface area contributed by atoms with Gasteiger partial charge in [0.05, 0.1) is 23.6 Å². The van der Waals surface area contributed by atoms with Gasteiger partial charge in [-0.3, -0.25) is 4.90 Å². The van der Waals surface area contributed by atoms with E-state index < -0.39 is 0 Å². The van der Waals surface area contributed by atoms with Crippen molar-refractivity contribution in [3.8, 4) is 22.9 Å². The molecular weight excluding hydrogens is 382 g/mol. The zero-order chi connectivity index (χ0) is 20.1. The summed E-state index contributed by atoms with van der Waals surface area (Å²) >= 11 is 0. The molecule has 0 bridgehead atoms. The first kappa shape index (κ1) is 17.5. The van der Waals surface area contributed by atoms with E-state index in [2.05, 4.69) is 45.1 Å². The Morgan fingerprint density at radius 2 is 2.03 bits per heavy atom. The van der Waals surface area contributed by atoms with Gasteiger partial charge in [0, 0.05) is 5.56 Å². The Balaban J connectivity index is 1.23. The van der Waals surface area contributed by atoms with Crippen LogP contribution in [-0.2, 0) is 6.54 Å². The molecule has 8 nitrogen and oxygen atoms in total. The number of hydrogen-bond donors (Lipinski definition) is 1. The molecule has 2 aromatic carbocycles. The monoisotopic (exact) mass is 403 g/mol. The SMILES string of the molecule is Cc1ccc2nc([C@@H]3CCCN3Cc3nc(-c4ccc5c(c4)OCO5)no3)[nH]c2c1. The predicted molar refractivity (Wildman–Crippen MR) is 109 cm³/mol. The molecule has 0 radical (unpaired) electrons. The number of nitrogens with zero attached hydrogens (tertiary/aromatic N) is 4. The van der Waals surface area contributed by atoms with Crippen LogP contribution in [-0.4, -0.2) is 38.3 Å². The van der Waals surface area contributed by atoms with Crippen LogP contribution in [0, 0.1) is 6.92 Å². The van der Waals surface area contributed by atoms with Crippen LogP contribution in [0.1, 0.15) is 36.2 Å². The summed E-state index contributed by atoms with van der Waals surface area (Å²) in [6, 6.07) is 12.2. The molecule has 2 aromatic heterocycles. The van der Waals surface area contributed by atoms with Gasteiger partial charge >= 0.3 is 0 Å². The van der Waals surface area contributed by atoms with Gasteiger partial charge in [-0.05, 0) is 62.2 Å². The highest BCUT2D eigenvalue weighted by atomic mass is 16.7. The molecule has 1 fully saturated rings. The average molecular weight is 403 g/mol. The third-order valence-corrected chi connectivity index (χ3v) is 5.77. The fraction of sp³-hybridized carbons (Fsp3) is 0.318. The van der Waals surface area contributed by atoms with E-state index in [1.165, 1.54) is 5.56 Å². The number of benzene rings is 2. The smallest absolute Gasteiger partial charge is 0.241 e. The summed E-state index contributed by atoms with van der Waals surface area (Å²) in [4.78, 5) is 15.3. The molecule has 8 heteroatoms. The quantitative estimate of drug-likeness (QED) is 0.551. The Bertz CT molecular complexity index is 1230. The molecule has 2 aliphatic rings. The highest BCUT2D eigenvalue weighted by molar-refractivity contribution is 5.75. The van der Waals surface area contributed by atoms with Crippen LogP contribution in [0.5, 0.6) is 11.5 Å². The number of H-pyrrole nitrogens is 1. The number of likely N-dealkylation sites (tertiary alicyclic amines) is 1. The summed E-state index contributed by atoms with van der Waals surface area (Å²) in [7, 11) is 0. The molecule has 1 N–H and O–H groups in total. The van der Waals surface area contributed by atoms with Crippen LogP contribution in [0.4, 0.5) is 0 Å². The van der Waals surface area contributed by atoms with E-state index in [-0.39, 0.29) is 12.8 Å². The zero-order valence-corrected chi connectivity index (χ0v) is 16.6. The lowest BCUT2D eigenvalue weighted by atomic mass is 10.2. The van der Waals surface area contributed by atoms with Crippen molar-refractivity contribution in [2.45, 2.75) is 32.4 Å². The lowest BCUT2D eigenvalue weighted by Gasteiger charge is -2.20. The van der Waals surface area contributed by atoms with Crippen LogP contribution >= 0.6 is 0 Å². The van der Waals surface area contributed by atoms with Gasteiger partial charge in [-0.1, -0.05) is 11.2 Å². The third kappa shape index (κ3) is 3.00. The van der Waals surface area contributed by atoms with Gasteiger partial charge in [-0.15, -0.1) is 0 Å². The van der Waals surface area contributed by atoms with Crippen LogP contribution < -0.4 is 9.47 Å². The molecule has 0 aliphatic carbocycles. The van der Waals surface area contributed by atoms with Crippen LogP contribution in [0.2, 0.25) is 0 Å². The van der Waals surface area contributed by atoms with E-state index in [1.807, 2.05) is 18.2 Å². The molecular formula is C22H21N5O3. The number of imidazole rings is 1. The summed E-state index contributed by atoms with van der Waals surface area (Å²) in [6.07, 6.45) is 2.17. The lowest BCUT2D eigenvalue weighted by molar-refractivity contribution is 0.174. The van der Waals surface area contributed by atoms with Crippen molar-refractivity contribution in [2.24, 2.45) is 0 Å². The molecule has 1 atom stereocenters. The molecule has 152 valence electrons. The number of aromatic amines is 1. The first-order chi connectivity index (χ1) is 14.7. The topological polar surface area (TPSA) is 89.3 Å². The summed E-state index contributed by atoms with van der Waals surface area (Å²) in [6.45, 7) is 3.91. The van der Waals surface area contributed by atoms with Gasteiger partial charge in [-0.25, -0.2) is 4.98 Å². The molecule has 2 aliphatic heterocycles. The Kier molecular flexibility index (Phi) is 3.98. The number of rotatable bonds is 4. The molecule has 4 aromatic rings. The standard InChI is InChI=1S/C22H21N5O3/c1-13-4-6-15-16(9-13)24-22(23-15)17-3-2-8-27(17)11-20-25-21(26-30-20)14-5-7-18-19(10-14)29-12-28-18/h4-7,9-10,17H,2-3,8,11-12H2,1H3,(H,23,24)/t17-/m0/s1. The molecule has 4 heterocycles. The van der Waals surface area contributed by atoms with Gasteiger partial charge < -0.3 is 19.0 Å². The molecule has 0 amide bonds. The predicted octanol–water partition coefficient (Wildman–Crippen LogP) is 3.99. The number of ether oxygens (including phenoxy) is 2. The second kappa shape index (κ2) is 6.84. The lowest BCUT2D eigenvalue weighted by Crippen LogP contribution is -2.23. The van der Waals surface area contributed by atoms with Crippen LogP contribution in [0.25, 0.3) is 22.4 Å². The number of fused-ring (bicyclic) bond motifs is 2. The molecule has 30 heavy (non-hydrogen) atoms. The number of aromatic nitrogens is 4. The molecule has 0 saturated carbocycles. The van der Waals surface area contributed by atoms with E-state index in [1.54, 1.807) is 0 Å². The second-order valence-electron chi connectivity index (χ2n) is 7.85. The van der Waals surface area contributed by atoms with E-state index in [4.69, 9.17) is 19.0 Å². The largest absolute Gasteiger partial charge is 0.454 e. The first-order valence-electron chi connectivity index (χ1n) is 10.2. The Labute approximate surface area is 172 Å². The Morgan fingerprint density at radius 1 is 1.10 bits per heavy atom. The number of hydrogen-bond acceptors (Lipinski definition) is 7. The maximum Gasteiger partial charge on any atom is 0.241 e. The van der Waals surface area contributed by atoms with Crippen molar-refractivity contribution in [1.29, 1.82) is 0 Å². The fourth-order valence-corrected chi connectivity index (χ4v) is 4.27. The van der Waals surface area contributed by atoms with Gasteiger partial charge in [0.1, 0.15) is 5.82 Å². The Hall–Kier alpha value is -3.39. The van der Waals surface area contributed by atoms with E-state index in [9.17, 15) is 0 Å². The highest BCUT2D eigenvalue weighted by Gasteiger charge is 2.30. The minimum Gasteiger partial charge on any atom is -0.454 e. The van der Waals surface area contributed by atoms with Crippen molar-refractivity contribution in [2.75, 3.05) is 13.3 Å². The van der Waals surface area contributed by atoms with Gasteiger partial charge in [-0.2, -0.15) is 4.98 Å². The van der Waals surface area contributed by atoms with E-state index >= 15 is 0 Å². The normalized spacial score (nSPS) is 18.5. The molecule has 6 rings (SSSR count). The summed E-state index contributed by atoms with van der Waals surface area (Å²) in [5.41, 5.74) is 4.16. The van der Waals surface area contributed by atoms with Crippen molar-refractivity contribution in [1.82, 2.24) is 25.0 Å². The van der Waals surface area contributed by atoms with E-state index in [0.29, 0.717) is 24.0 Å². The second-order valence-corrected chi connectivity index (χ2v) is 7.85. The molecule has 0 spiro atoms. The minimum absolute atomic E-state index is 0.221. The first-order valence-corrected chi connectivity index (χ1v) is 10.2. The summed E-state index contributed by atoms with van der Waals surface area (Å²) < 4.78 is 16.4. The van der Waals surface area contributed by atoms with Crippen molar-refractivity contribution in [3.63, 3.8) is 0 Å². The highest BCUT2D eigenvalue weighted by Crippen LogP contribution is 2.36. The third-order valence-electron chi connectivity index (χ3n) is 5.77. The maximum atomic E-state index is 5.55. The maximum absolute atomic E-state index is 5.55. The van der Waals surface area contributed by atoms with Crippen molar-refractivity contribution < 1.29 is 14.0 Å². The van der Waals surface area contributed by atoms with Gasteiger partial charge in [0.25, 0.3) is 0 Å². The van der Waals surface area contributed by atoms with Crippen LogP contribution in [0.3, 0.4) is 0 Å². The Morgan fingerprint density at radius 3 is 3.00 bits per heavy atom. The van der Waals surface area contributed by atoms with Crippen LogP contribution in [0.15, 0.2) is 40.9 Å². The van der Waals surface area contributed by atoms with Gasteiger partial charge in [0.2, 0.25) is 18.5 Å². The average Bonchev–Trinajstić information content (AvgIpc) is 3.53. The molecule has 0 unspecified atom stereocenters. The van der Waals surface area contributed by atoms with Crippen molar-refractivity contribution in [3.05, 3.63) is 53.7 Å². The number of aryl methyl sites for hydroxylation is 1. The zero-order valence-electron chi connectivity index (χ0n) is 16.6. The van der Waals surface area contributed by atoms with Crippen molar-refractivity contribution >= 4 is 11.0 Å². The fourth-order valence-electron chi connectivity index (χ4n) is 4.27. The summed E-state index contributed by atoms with van der Waals surface area (Å²) in [5.74, 6) is 3.60. The van der Waals surface area contributed by atoms with Gasteiger partial charge in [0.15, 0.2) is 11.5 Å². The number of nitrogens with one attached hydrogen (secondary N) is 1.